The summed E-state index contributed by atoms with van der Waals surface area (Å²) in [6.45, 7) is 5.99. The molecule has 5 nitrogen and oxygen atoms in total. The van der Waals surface area contributed by atoms with Gasteiger partial charge in [0.05, 0.1) is 12.7 Å². The van der Waals surface area contributed by atoms with Crippen LogP contribution in [-0.2, 0) is 23.8 Å². The first-order chi connectivity index (χ1) is 8.03. The summed E-state index contributed by atoms with van der Waals surface area (Å²) in [5.74, 6) is -1.67. The average molecular weight is 292 g/mol. The summed E-state index contributed by atoms with van der Waals surface area (Å²) in [5, 5.41) is 0. The number of esters is 1. The van der Waals surface area contributed by atoms with Crippen LogP contribution >= 0.6 is 0 Å². The van der Waals surface area contributed by atoms with Gasteiger partial charge in [0.25, 0.3) is 0 Å². The van der Waals surface area contributed by atoms with Crippen LogP contribution in [0.3, 0.4) is 0 Å². The first-order valence-electron chi connectivity index (χ1n) is 4.79. The molecule has 108 valence electrons. The van der Waals surface area contributed by atoms with Gasteiger partial charge < -0.3 is 8.92 Å². The van der Waals surface area contributed by atoms with E-state index in [-0.39, 0.29) is 5.57 Å². The molecule has 0 atom stereocenters. The third-order valence-electron chi connectivity index (χ3n) is 1.54. The lowest BCUT2D eigenvalue weighted by Crippen LogP contribution is -2.25. The molecular formula is C9H15F3O5S. The Kier molecular flexibility index (Phi) is 7.69. The summed E-state index contributed by atoms with van der Waals surface area (Å²) in [7, 11) is -4.75. The van der Waals surface area contributed by atoms with Gasteiger partial charge in [-0.1, -0.05) is 13.8 Å². The van der Waals surface area contributed by atoms with E-state index in [1.54, 1.807) is 0 Å². The van der Waals surface area contributed by atoms with Crippen LogP contribution in [0, 0.1) is 0 Å². The van der Waals surface area contributed by atoms with Crippen LogP contribution in [0.15, 0.2) is 11.3 Å². The predicted octanol–water partition coefficient (Wildman–Crippen LogP) is 2.35. The summed E-state index contributed by atoms with van der Waals surface area (Å²) in [4.78, 5) is 10.9. The highest BCUT2D eigenvalue weighted by Crippen LogP contribution is 2.27. The molecule has 0 amide bonds. The van der Waals surface area contributed by atoms with Crippen molar-refractivity contribution in [3.63, 3.8) is 0 Å². The molecule has 0 aromatic carbocycles. The molecule has 0 N–H and O–H groups in total. The first kappa shape index (κ1) is 19.1. The van der Waals surface area contributed by atoms with Crippen molar-refractivity contribution in [2.45, 2.75) is 33.2 Å². The molecule has 0 aromatic rings. The van der Waals surface area contributed by atoms with E-state index in [9.17, 15) is 26.4 Å². The van der Waals surface area contributed by atoms with Gasteiger partial charge in [-0.15, -0.1) is 0 Å². The van der Waals surface area contributed by atoms with Gasteiger partial charge >= 0.3 is 21.6 Å². The van der Waals surface area contributed by atoms with E-state index in [1.807, 2.05) is 13.8 Å². The third kappa shape index (κ3) is 5.39. The van der Waals surface area contributed by atoms with Crippen molar-refractivity contribution in [1.82, 2.24) is 0 Å². The summed E-state index contributed by atoms with van der Waals surface area (Å²) < 4.78 is 64.6. The van der Waals surface area contributed by atoms with Gasteiger partial charge in [0.2, 0.25) is 0 Å². The number of halogens is 3. The van der Waals surface area contributed by atoms with Crippen LogP contribution in [0.5, 0.6) is 0 Å². The van der Waals surface area contributed by atoms with Crippen LogP contribution in [0.2, 0.25) is 0 Å². The number of hydrogen-bond donors (Lipinski definition) is 0. The van der Waals surface area contributed by atoms with Crippen LogP contribution in [0.1, 0.15) is 27.7 Å². The minimum absolute atomic E-state index is 0.365. The average Bonchev–Trinajstić information content (AvgIpc) is 2.27. The molecule has 0 saturated carbocycles. The van der Waals surface area contributed by atoms with Gasteiger partial charge in [0.15, 0.2) is 0 Å². The Hall–Kier alpha value is -1.25. The number of alkyl halides is 3. The number of methoxy groups -OCH3 is 1. The van der Waals surface area contributed by atoms with Crippen LogP contribution < -0.4 is 0 Å². The zero-order valence-electron chi connectivity index (χ0n) is 10.6. The molecule has 0 saturated heterocycles. The van der Waals surface area contributed by atoms with E-state index in [0.29, 0.717) is 0 Å². The van der Waals surface area contributed by atoms with Gasteiger partial charge in [-0.05, 0) is 13.8 Å². The Morgan fingerprint density at radius 2 is 1.50 bits per heavy atom. The van der Waals surface area contributed by atoms with E-state index >= 15 is 0 Å². The lowest BCUT2D eigenvalue weighted by molar-refractivity contribution is -0.136. The number of carbonyl (C=O) groups is 1. The van der Waals surface area contributed by atoms with Gasteiger partial charge in [0.1, 0.15) is 5.76 Å². The number of hydrogen-bond acceptors (Lipinski definition) is 5. The van der Waals surface area contributed by atoms with E-state index in [2.05, 4.69) is 8.92 Å². The molecule has 18 heavy (non-hydrogen) atoms. The fourth-order valence-corrected chi connectivity index (χ4v) is 1.12. The van der Waals surface area contributed by atoms with Crippen LogP contribution in [0.4, 0.5) is 13.2 Å². The van der Waals surface area contributed by atoms with Crippen molar-refractivity contribution < 1.29 is 35.3 Å². The maximum atomic E-state index is 11.9. The molecule has 0 aliphatic heterocycles. The maximum Gasteiger partial charge on any atom is 0.534 e. The molecule has 0 aliphatic carbocycles. The number of carbonyl (C=O) groups excluding carboxylic acids is 1. The fourth-order valence-electron chi connectivity index (χ4n) is 0.571. The SMILES string of the molecule is CC.COC(=O)/C(C)=C(/C)OS(=O)(=O)C(F)(F)F. The second kappa shape index (κ2) is 7.24. The van der Waals surface area contributed by atoms with Crippen molar-refractivity contribution >= 4 is 16.1 Å². The monoisotopic (exact) mass is 292 g/mol. The maximum absolute atomic E-state index is 11.9. The standard InChI is InChI=1S/C7H9F3O5S.C2H6/c1-4(6(11)14-3)5(2)15-16(12,13)7(8,9)10;1-2/h1-3H3;1-2H3/b5-4-;. The Morgan fingerprint density at radius 1 is 1.11 bits per heavy atom. The summed E-state index contributed by atoms with van der Waals surface area (Å²) >= 11 is 0. The molecule has 0 bridgehead atoms. The summed E-state index contributed by atoms with van der Waals surface area (Å²) in [5.41, 5.74) is -5.90. The molecule has 0 unspecified atom stereocenters. The minimum Gasteiger partial charge on any atom is -0.466 e. The van der Waals surface area contributed by atoms with E-state index in [0.717, 1.165) is 21.0 Å². The largest absolute Gasteiger partial charge is 0.534 e. The summed E-state index contributed by atoms with van der Waals surface area (Å²) in [6, 6.07) is 0. The molecule has 0 spiro atoms. The fraction of sp³-hybridized carbons (Fsp3) is 0.667. The molecule has 0 aliphatic rings. The number of rotatable bonds is 3. The highest BCUT2D eigenvalue weighted by molar-refractivity contribution is 7.87. The quantitative estimate of drug-likeness (QED) is 0.262. The zero-order chi connectivity index (χ0) is 15.1. The topological polar surface area (TPSA) is 69.7 Å². The van der Waals surface area contributed by atoms with Gasteiger partial charge in [-0.25, -0.2) is 4.79 Å². The third-order valence-corrected chi connectivity index (χ3v) is 2.57. The van der Waals surface area contributed by atoms with Crippen molar-refractivity contribution in [3.8, 4) is 0 Å². The Morgan fingerprint density at radius 3 is 1.78 bits per heavy atom. The Bertz CT molecular complexity index is 408. The second-order valence-corrected chi connectivity index (χ2v) is 4.19. The zero-order valence-corrected chi connectivity index (χ0v) is 11.4. The smallest absolute Gasteiger partial charge is 0.466 e. The first-order valence-corrected chi connectivity index (χ1v) is 6.20. The predicted molar refractivity (Wildman–Crippen MR) is 57.8 cm³/mol. The molecule has 0 heterocycles. The summed E-state index contributed by atoms with van der Waals surface area (Å²) in [6.07, 6.45) is 0. The Labute approximate surface area is 104 Å². The number of allylic oxidation sites excluding steroid dienone is 1. The van der Waals surface area contributed by atoms with E-state index in [1.165, 1.54) is 0 Å². The molecule has 0 aromatic heterocycles. The molecule has 0 radical (unpaired) electrons. The van der Waals surface area contributed by atoms with Crippen LogP contribution in [0.25, 0.3) is 0 Å². The molecule has 0 rings (SSSR count). The highest BCUT2D eigenvalue weighted by Gasteiger charge is 2.48. The van der Waals surface area contributed by atoms with Crippen molar-refractivity contribution in [2.75, 3.05) is 7.11 Å². The second-order valence-electron chi connectivity index (χ2n) is 2.66. The van der Waals surface area contributed by atoms with E-state index in [4.69, 9.17) is 0 Å². The van der Waals surface area contributed by atoms with Crippen LogP contribution in [-0.4, -0.2) is 27.0 Å². The van der Waals surface area contributed by atoms with Crippen molar-refractivity contribution in [1.29, 1.82) is 0 Å². The lowest BCUT2D eigenvalue weighted by Gasteiger charge is -2.11. The molecular weight excluding hydrogens is 277 g/mol. The Balaban J connectivity index is 0. The van der Waals surface area contributed by atoms with Gasteiger partial charge in [0, 0.05) is 0 Å². The molecule has 0 fully saturated rings. The van der Waals surface area contributed by atoms with Gasteiger partial charge in [-0.3, -0.25) is 0 Å². The van der Waals surface area contributed by atoms with Crippen molar-refractivity contribution in [3.05, 3.63) is 11.3 Å². The lowest BCUT2D eigenvalue weighted by atomic mass is 10.3. The normalized spacial score (nSPS) is 12.9. The number of ether oxygens (including phenoxy) is 1. The van der Waals surface area contributed by atoms with Gasteiger partial charge in [-0.2, -0.15) is 21.6 Å². The molecule has 9 heteroatoms. The highest BCUT2D eigenvalue weighted by atomic mass is 32.2. The van der Waals surface area contributed by atoms with E-state index < -0.39 is 27.4 Å². The van der Waals surface area contributed by atoms with Crippen molar-refractivity contribution in [2.24, 2.45) is 0 Å². The minimum atomic E-state index is -5.75.